The predicted molar refractivity (Wildman–Crippen MR) is 135 cm³/mol. The molecule has 0 bridgehead atoms. The van der Waals surface area contributed by atoms with Crippen molar-refractivity contribution in [2.75, 3.05) is 7.11 Å². The lowest BCUT2D eigenvalue weighted by Gasteiger charge is -2.46. The summed E-state index contributed by atoms with van der Waals surface area (Å²) in [5, 5.41) is 55.0. The number of methoxy groups -OCH3 is 1. The van der Waals surface area contributed by atoms with Gasteiger partial charge in [-0.05, 0) is 43.2 Å². The Hall–Kier alpha value is -2.73. The number of hydrogen-bond acceptors (Lipinski definition) is 10. The number of fused-ring (bicyclic) bond motifs is 1. The summed E-state index contributed by atoms with van der Waals surface area (Å²) in [5.74, 6) is -0.106. The first-order chi connectivity index (χ1) is 17.5. The Morgan fingerprint density at radius 2 is 1.92 bits per heavy atom. The maximum Gasteiger partial charge on any atom is 0.229 e. The third kappa shape index (κ3) is 5.05. The first kappa shape index (κ1) is 27.3. The second kappa shape index (κ2) is 10.6. The molecular weight excluding hydrogens is 482 g/mol. The molecule has 7 unspecified atom stereocenters. The zero-order valence-corrected chi connectivity index (χ0v) is 21.1. The van der Waals surface area contributed by atoms with E-state index in [1.54, 1.807) is 25.1 Å². The SMILES string of the molecule is CCCC(=O)c1c(C)cc2cc(OC)cc(OC3OC(C4(O)C=CC(N)CC4)C(O)C(O)C3O)c2c1O. The number of rotatable bonds is 7. The molecule has 202 valence electrons. The van der Waals surface area contributed by atoms with E-state index in [0.29, 0.717) is 29.5 Å². The van der Waals surface area contributed by atoms with Gasteiger partial charge >= 0.3 is 0 Å². The van der Waals surface area contributed by atoms with Gasteiger partial charge in [-0.25, -0.2) is 0 Å². The molecule has 2 aromatic carbocycles. The summed E-state index contributed by atoms with van der Waals surface area (Å²) in [6.07, 6.45) is -3.43. The third-order valence-electron chi connectivity index (χ3n) is 7.15. The van der Waals surface area contributed by atoms with Crippen molar-refractivity contribution in [1.82, 2.24) is 0 Å². The van der Waals surface area contributed by atoms with Gasteiger partial charge in [0.05, 0.1) is 18.1 Å². The molecule has 2 aliphatic rings. The number of aliphatic hydroxyl groups is 4. The summed E-state index contributed by atoms with van der Waals surface area (Å²) in [6.45, 7) is 3.59. The molecule has 2 aromatic rings. The minimum absolute atomic E-state index is 0.0250. The van der Waals surface area contributed by atoms with E-state index in [0.717, 1.165) is 0 Å². The summed E-state index contributed by atoms with van der Waals surface area (Å²) in [4.78, 5) is 12.8. The summed E-state index contributed by atoms with van der Waals surface area (Å²) in [7, 11) is 1.45. The number of aryl methyl sites for hydroxylation is 1. The van der Waals surface area contributed by atoms with Crippen LogP contribution in [0.15, 0.2) is 30.4 Å². The molecule has 37 heavy (non-hydrogen) atoms. The van der Waals surface area contributed by atoms with Crippen molar-refractivity contribution in [3.05, 3.63) is 41.5 Å². The van der Waals surface area contributed by atoms with Crippen LogP contribution < -0.4 is 15.2 Å². The fourth-order valence-electron chi connectivity index (χ4n) is 5.10. The Morgan fingerprint density at radius 3 is 2.54 bits per heavy atom. The highest BCUT2D eigenvalue weighted by molar-refractivity contribution is 6.08. The molecule has 10 nitrogen and oxygen atoms in total. The fourth-order valence-corrected chi connectivity index (χ4v) is 5.10. The standard InChI is InChI=1S/C27H35NO9/c1-4-5-17(29)19-13(2)10-14-11-16(35-3)12-18(20(14)21(19)30)36-26-24(33)22(31)23(32)25(37-26)27(34)8-6-15(28)7-9-27/h6,8,10-12,15,22-26,30-34H,4-5,7,9,28H2,1-3H3. The number of aliphatic hydroxyl groups excluding tert-OH is 3. The number of carbonyl (C=O) groups is 1. The summed E-state index contributed by atoms with van der Waals surface area (Å²) >= 11 is 0. The van der Waals surface area contributed by atoms with Crippen LogP contribution in [0.1, 0.15) is 48.5 Å². The van der Waals surface area contributed by atoms with Crippen LogP contribution in [-0.4, -0.2) is 80.8 Å². The van der Waals surface area contributed by atoms with Gasteiger partial charge in [0.15, 0.2) is 5.78 Å². The highest BCUT2D eigenvalue weighted by Gasteiger charge is 2.53. The summed E-state index contributed by atoms with van der Waals surface area (Å²) < 4.78 is 17.2. The van der Waals surface area contributed by atoms with Gasteiger partial charge in [-0.2, -0.15) is 0 Å². The normalized spacial score (nSPS) is 31.9. The van der Waals surface area contributed by atoms with Gasteiger partial charge in [-0.1, -0.05) is 25.1 Å². The van der Waals surface area contributed by atoms with Crippen LogP contribution in [0.5, 0.6) is 17.2 Å². The van der Waals surface area contributed by atoms with E-state index in [2.05, 4.69) is 0 Å². The number of ether oxygens (including phenoxy) is 3. The number of phenolic OH excluding ortho intramolecular Hbond substituents is 1. The highest BCUT2D eigenvalue weighted by atomic mass is 16.7. The van der Waals surface area contributed by atoms with Crippen molar-refractivity contribution in [2.24, 2.45) is 5.73 Å². The van der Waals surface area contributed by atoms with E-state index in [-0.39, 0.29) is 47.1 Å². The van der Waals surface area contributed by atoms with Gasteiger partial charge in [0, 0.05) is 18.5 Å². The maximum atomic E-state index is 12.8. The fraction of sp³-hybridized carbons (Fsp3) is 0.519. The second-order valence-electron chi connectivity index (χ2n) is 9.88. The number of phenols is 1. The van der Waals surface area contributed by atoms with E-state index in [9.17, 15) is 30.3 Å². The Morgan fingerprint density at radius 1 is 1.19 bits per heavy atom. The molecule has 1 heterocycles. The predicted octanol–water partition coefficient (Wildman–Crippen LogP) is 1.44. The Bertz CT molecular complexity index is 1200. The number of aromatic hydroxyl groups is 1. The van der Waals surface area contributed by atoms with Crippen LogP contribution in [0.3, 0.4) is 0 Å². The third-order valence-corrected chi connectivity index (χ3v) is 7.15. The summed E-state index contributed by atoms with van der Waals surface area (Å²) in [6, 6.07) is 4.60. The van der Waals surface area contributed by atoms with Crippen LogP contribution >= 0.6 is 0 Å². The Balaban J connectivity index is 1.77. The molecule has 4 rings (SSSR count). The summed E-state index contributed by atoms with van der Waals surface area (Å²) in [5.41, 5.74) is 4.97. The molecule has 0 aromatic heterocycles. The van der Waals surface area contributed by atoms with E-state index in [1.165, 1.54) is 19.3 Å². The minimum Gasteiger partial charge on any atom is -0.506 e. The quantitative estimate of drug-likeness (QED) is 0.233. The van der Waals surface area contributed by atoms with Crippen molar-refractivity contribution in [3.63, 3.8) is 0 Å². The first-order valence-corrected chi connectivity index (χ1v) is 12.4. The molecule has 7 N–H and O–H groups in total. The molecule has 0 amide bonds. The van der Waals surface area contributed by atoms with Crippen LogP contribution in [-0.2, 0) is 4.74 Å². The lowest BCUT2D eigenvalue weighted by atomic mass is 9.79. The molecule has 0 spiro atoms. The van der Waals surface area contributed by atoms with Gasteiger partial charge in [-0.3, -0.25) is 4.79 Å². The van der Waals surface area contributed by atoms with Crippen LogP contribution in [0, 0.1) is 6.92 Å². The van der Waals surface area contributed by atoms with E-state index >= 15 is 0 Å². The largest absolute Gasteiger partial charge is 0.506 e. The number of carbonyl (C=O) groups excluding carboxylic acids is 1. The number of hydrogen-bond donors (Lipinski definition) is 6. The molecule has 1 saturated heterocycles. The number of nitrogens with two attached hydrogens (primary N) is 1. The smallest absolute Gasteiger partial charge is 0.229 e. The second-order valence-corrected chi connectivity index (χ2v) is 9.88. The number of ketones is 1. The number of benzene rings is 2. The van der Waals surface area contributed by atoms with Crippen LogP contribution in [0.25, 0.3) is 10.8 Å². The van der Waals surface area contributed by atoms with Crippen LogP contribution in [0.4, 0.5) is 0 Å². The monoisotopic (exact) mass is 517 g/mol. The zero-order valence-electron chi connectivity index (χ0n) is 21.1. The number of Topliss-reactive ketones (excluding diaryl/α,β-unsaturated/α-hetero) is 1. The molecule has 7 atom stereocenters. The highest BCUT2D eigenvalue weighted by Crippen LogP contribution is 2.43. The van der Waals surface area contributed by atoms with Crippen molar-refractivity contribution in [2.45, 2.75) is 81.9 Å². The molecule has 1 aliphatic carbocycles. The molecule has 0 radical (unpaired) electrons. The van der Waals surface area contributed by atoms with E-state index < -0.39 is 36.3 Å². The molecule has 1 aliphatic heterocycles. The minimum atomic E-state index is -1.70. The maximum absolute atomic E-state index is 12.8. The lowest BCUT2D eigenvalue weighted by molar-refractivity contribution is -0.299. The van der Waals surface area contributed by atoms with E-state index in [4.69, 9.17) is 19.9 Å². The lowest BCUT2D eigenvalue weighted by Crippen LogP contribution is -2.65. The molecule has 0 saturated carbocycles. The zero-order chi connectivity index (χ0) is 27.1. The van der Waals surface area contributed by atoms with Gasteiger partial charge in [-0.15, -0.1) is 0 Å². The average molecular weight is 518 g/mol. The first-order valence-electron chi connectivity index (χ1n) is 12.4. The molecule has 1 fully saturated rings. The van der Waals surface area contributed by atoms with Crippen molar-refractivity contribution >= 4 is 16.6 Å². The van der Waals surface area contributed by atoms with Crippen molar-refractivity contribution < 1.29 is 44.5 Å². The van der Waals surface area contributed by atoms with Crippen molar-refractivity contribution in [3.8, 4) is 17.2 Å². The Kier molecular flexibility index (Phi) is 7.80. The van der Waals surface area contributed by atoms with Gasteiger partial charge in [0.25, 0.3) is 0 Å². The van der Waals surface area contributed by atoms with E-state index in [1.807, 2.05) is 6.92 Å². The van der Waals surface area contributed by atoms with Crippen LogP contribution in [0.2, 0.25) is 0 Å². The topological polar surface area (TPSA) is 172 Å². The average Bonchev–Trinajstić information content (AvgIpc) is 2.85. The molecular formula is C27H35NO9. The van der Waals surface area contributed by atoms with Gasteiger partial charge in [0.2, 0.25) is 6.29 Å². The molecule has 10 heteroatoms. The van der Waals surface area contributed by atoms with Crippen molar-refractivity contribution in [1.29, 1.82) is 0 Å². The Labute approximate surface area is 214 Å². The van der Waals surface area contributed by atoms with Gasteiger partial charge in [0.1, 0.15) is 47.3 Å². The van der Waals surface area contributed by atoms with Gasteiger partial charge < -0.3 is 45.5 Å².